The molecule has 0 heterocycles. The van der Waals surface area contributed by atoms with Crippen LogP contribution in [-0.2, 0) is 4.79 Å². The molecule has 0 aliphatic heterocycles. The van der Waals surface area contributed by atoms with E-state index in [0.29, 0.717) is 5.56 Å². The second kappa shape index (κ2) is 6.89. The highest BCUT2D eigenvalue weighted by Crippen LogP contribution is 2.24. The Kier molecular flexibility index (Phi) is 4.92. The summed E-state index contributed by atoms with van der Waals surface area (Å²) < 4.78 is 0. The Morgan fingerprint density at radius 1 is 1.17 bits per heavy atom. The summed E-state index contributed by atoms with van der Waals surface area (Å²) in [5.74, 6) is -1.57. The molecule has 0 saturated carbocycles. The predicted molar refractivity (Wildman–Crippen MR) is 84.0 cm³/mol. The number of carbonyl (C=O) groups excluding carboxylic acids is 2. The summed E-state index contributed by atoms with van der Waals surface area (Å²) in [6.07, 6.45) is 0. The molecule has 0 spiro atoms. The average Bonchev–Trinajstić information content (AvgIpc) is 2.52. The first-order chi connectivity index (χ1) is 10.9. The number of halogens is 1. The maximum Gasteiger partial charge on any atom is 0.283 e. The van der Waals surface area contributed by atoms with Gasteiger partial charge >= 0.3 is 0 Å². The molecule has 2 rings (SSSR count). The van der Waals surface area contributed by atoms with Crippen LogP contribution in [0.1, 0.15) is 22.0 Å². The van der Waals surface area contributed by atoms with Crippen molar-refractivity contribution >= 4 is 29.1 Å². The zero-order valence-electron chi connectivity index (χ0n) is 11.7. The van der Waals surface area contributed by atoms with Crippen molar-refractivity contribution in [3.63, 3.8) is 0 Å². The van der Waals surface area contributed by atoms with Crippen LogP contribution in [0.3, 0.4) is 0 Å². The third kappa shape index (κ3) is 3.83. The van der Waals surface area contributed by atoms with Crippen molar-refractivity contribution in [1.29, 1.82) is 0 Å². The van der Waals surface area contributed by atoms with E-state index < -0.39 is 28.5 Å². The van der Waals surface area contributed by atoms with Crippen molar-refractivity contribution < 1.29 is 14.5 Å². The minimum absolute atomic E-state index is 0.128. The summed E-state index contributed by atoms with van der Waals surface area (Å²) >= 11 is 5.71. The zero-order valence-corrected chi connectivity index (χ0v) is 12.5. The van der Waals surface area contributed by atoms with Gasteiger partial charge in [-0.15, -0.1) is 0 Å². The number of rotatable bonds is 5. The fourth-order valence-corrected chi connectivity index (χ4v) is 2.19. The SMILES string of the molecule is NC(=O)C(NC(=O)c1ccc(Cl)cc1[N+](=O)[O-])c1ccccc1. The smallest absolute Gasteiger partial charge is 0.283 e. The number of hydrogen-bond acceptors (Lipinski definition) is 4. The van der Waals surface area contributed by atoms with Crippen molar-refractivity contribution in [1.82, 2.24) is 5.32 Å². The third-order valence-corrected chi connectivity index (χ3v) is 3.33. The average molecular weight is 334 g/mol. The number of primary amides is 1. The largest absolute Gasteiger partial charge is 0.368 e. The van der Waals surface area contributed by atoms with E-state index >= 15 is 0 Å². The molecule has 8 heteroatoms. The van der Waals surface area contributed by atoms with Gasteiger partial charge < -0.3 is 11.1 Å². The van der Waals surface area contributed by atoms with Crippen LogP contribution in [0.2, 0.25) is 5.02 Å². The van der Waals surface area contributed by atoms with Gasteiger partial charge in [0.05, 0.1) is 4.92 Å². The summed E-state index contributed by atoms with van der Waals surface area (Å²) in [7, 11) is 0. The van der Waals surface area contributed by atoms with Gasteiger partial charge in [0.1, 0.15) is 11.6 Å². The van der Waals surface area contributed by atoms with Gasteiger partial charge in [0, 0.05) is 11.1 Å². The lowest BCUT2D eigenvalue weighted by Crippen LogP contribution is -2.37. The molecule has 0 aromatic heterocycles. The van der Waals surface area contributed by atoms with Gasteiger partial charge in [-0.1, -0.05) is 41.9 Å². The van der Waals surface area contributed by atoms with Crippen LogP contribution in [0.25, 0.3) is 0 Å². The number of benzene rings is 2. The fraction of sp³-hybridized carbons (Fsp3) is 0.0667. The van der Waals surface area contributed by atoms with Crippen molar-refractivity contribution in [2.45, 2.75) is 6.04 Å². The van der Waals surface area contributed by atoms with Gasteiger partial charge in [-0.05, 0) is 17.7 Å². The molecule has 2 aromatic rings. The van der Waals surface area contributed by atoms with Gasteiger partial charge in [0.2, 0.25) is 5.91 Å². The molecule has 118 valence electrons. The van der Waals surface area contributed by atoms with E-state index in [1.54, 1.807) is 30.3 Å². The lowest BCUT2D eigenvalue weighted by Gasteiger charge is -2.16. The highest BCUT2D eigenvalue weighted by atomic mass is 35.5. The molecule has 3 N–H and O–H groups in total. The molecule has 2 aromatic carbocycles. The molecule has 1 unspecified atom stereocenters. The topological polar surface area (TPSA) is 115 Å². The Morgan fingerprint density at radius 2 is 1.83 bits per heavy atom. The highest BCUT2D eigenvalue weighted by molar-refractivity contribution is 6.31. The predicted octanol–water partition coefficient (Wildman–Crippen LogP) is 2.20. The number of nitro benzene ring substituents is 1. The first-order valence-electron chi connectivity index (χ1n) is 6.49. The molecular weight excluding hydrogens is 322 g/mol. The van der Waals surface area contributed by atoms with Gasteiger partial charge in [0.15, 0.2) is 0 Å². The minimum Gasteiger partial charge on any atom is -0.368 e. The Labute approximate surface area is 136 Å². The number of amides is 2. The molecular formula is C15H12ClN3O4. The molecule has 0 aliphatic rings. The molecule has 0 aliphatic carbocycles. The van der Waals surface area contributed by atoms with Crippen molar-refractivity contribution in [3.8, 4) is 0 Å². The van der Waals surface area contributed by atoms with E-state index in [2.05, 4.69) is 5.32 Å². The van der Waals surface area contributed by atoms with Crippen LogP contribution in [0.4, 0.5) is 5.69 Å². The Bertz CT molecular complexity index is 765. The number of nitrogens with two attached hydrogens (primary N) is 1. The van der Waals surface area contributed by atoms with E-state index in [4.69, 9.17) is 17.3 Å². The maximum absolute atomic E-state index is 12.3. The van der Waals surface area contributed by atoms with E-state index in [9.17, 15) is 19.7 Å². The van der Waals surface area contributed by atoms with Crippen molar-refractivity contribution in [2.75, 3.05) is 0 Å². The van der Waals surface area contributed by atoms with Crippen LogP contribution < -0.4 is 11.1 Å². The van der Waals surface area contributed by atoms with E-state index in [1.807, 2.05) is 0 Å². The molecule has 0 fully saturated rings. The number of nitrogens with one attached hydrogen (secondary N) is 1. The lowest BCUT2D eigenvalue weighted by molar-refractivity contribution is -0.385. The van der Waals surface area contributed by atoms with Crippen molar-refractivity contribution in [2.24, 2.45) is 5.73 Å². The van der Waals surface area contributed by atoms with Gasteiger partial charge in [-0.2, -0.15) is 0 Å². The fourth-order valence-electron chi connectivity index (χ4n) is 2.02. The van der Waals surface area contributed by atoms with Gasteiger partial charge in [0.25, 0.3) is 11.6 Å². The molecule has 0 saturated heterocycles. The monoisotopic (exact) mass is 333 g/mol. The number of hydrogen-bond donors (Lipinski definition) is 2. The van der Waals surface area contributed by atoms with Gasteiger partial charge in [-0.3, -0.25) is 19.7 Å². The van der Waals surface area contributed by atoms with Crippen LogP contribution in [0.5, 0.6) is 0 Å². The first kappa shape index (κ1) is 16.4. The van der Waals surface area contributed by atoms with Gasteiger partial charge in [-0.25, -0.2) is 0 Å². The Morgan fingerprint density at radius 3 is 2.39 bits per heavy atom. The zero-order chi connectivity index (χ0) is 17.0. The molecule has 23 heavy (non-hydrogen) atoms. The second-order valence-corrected chi connectivity index (χ2v) is 5.07. The quantitative estimate of drug-likeness (QED) is 0.644. The van der Waals surface area contributed by atoms with E-state index in [-0.39, 0.29) is 10.6 Å². The third-order valence-electron chi connectivity index (χ3n) is 3.09. The number of nitrogens with zero attached hydrogens (tertiary/aromatic N) is 1. The molecule has 0 radical (unpaired) electrons. The summed E-state index contributed by atoms with van der Waals surface area (Å²) in [5.41, 5.74) is 5.13. The highest BCUT2D eigenvalue weighted by Gasteiger charge is 2.25. The molecule has 2 amide bonds. The van der Waals surface area contributed by atoms with Crippen LogP contribution >= 0.6 is 11.6 Å². The summed E-state index contributed by atoms with van der Waals surface area (Å²) in [6, 6.07) is 10.9. The van der Waals surface area contributed by atoms with E-state index in [1.165, 1.54) is 12.1 Å². The van der Waals surface area contributed by atoms with Crippen molar-refractivity contribution in [3.05, 3.63) is 74.8 Å². The first-order valence-corrected chi connectivity index (χ1v) is 6.87. The second-order valence-electron chi connectivity index (χ2n) is 4.64. The summed E-state index contributed by atoms with van der Waals surface area (Å²) in [4.78, 5) is 34.2. The maximum atomic E-state index is 12.3. The Balaban J connectivity index is 2.34. The number of nitro groups is 1. The standard InChI is InChI=1S/C15H12ClN3O4/c16-10-6-7-11(12(8-10)19(22)23)15(21)18-13(14(17)20)9-4-2-1-3-5-9/h1-8,13H,(H2,17,20)(H,18,21). The molecule has 7 nitrogen and oxygen atoms in total. The normalized spacial score (nSPS) is 11.5. The summed E-state index contributed by atoms with van der Waals surface area (Å²) in [6.45, 7) is 0. The number of carbonyl (C=O) groups is 2. The molecule has 1 atom stereocenters. The lowest BCUT2D eigenvalue weighted by atomic mass is 10.1. The Hall–Kier alpha value is -2.93. The van der Waals surface area contributed by atoms with Crippen LogP contribution in [-0.4, -0.2) is 16.7 Å². The summed E-state index contributed by atoms with van der Waals surface area (Å²) in [5, 5.41) is 13.6. The van der Waals surface area contributed by atoms with Crippen LogP contribution in [0, 0.1) is 10.1 Å². The molecule has 0 bridgehead atoms. The van der Waals surface area contributed by atoms with E-state index in [0.717, 1.165) is 6.07 Å². The van der Waals surface area contributed by atoms with Crippen LogP contribution in [0.15, 0.2) is 48.5 Å². The minimum atomic E-state index is -1.10.